The predicted octanol–water partition coefficient (Wildman–Crippen LogP) is 1.74. The molecule has 1 unspecified atom stereocenters. The molecule has 1 aromatic rings. The van der Waals surface area contributed by atoms with Gasteiger partial charge in [-0.05, 0) is 31.7 Å². The summed E-state index contributed by atoms with van der Waals surface area (Å²) in [5.41, 5.74) is 1.22. The molecule has 14 heavy (non-hydrogen) atoms. The van der Waals surface area contributed by atoms with Crippen LogP contribution in [0.5, 0.6) is 11.5 Å². The molecule has 1 atom stereocenters. The summed E-state index contributed by atoms with van der Waals surface area (Å²) >= 11 is 0. The zero-order valence-corrected chi connectivity index (χ0v) is 8.54. The highest BCUT2D eigenvalue weighted by Crippen LogP contribution is 2.32. The van der Waals surface area contributed by atoms with Crippen molar-refractivity contribution in [2.75, 3.05) is 20.3 Å². The van der Waals surface area contributed by atoms with Crippen LogP contribution in [0, 0.1) is 0 Å². The van der Waals surface area contributed by atoms with Crippen LogP contribution in [-0.4, -0.2) is 20.3 Å². The molecule has 2 rings (SSSR count). The normalized spacial score (nSPS) is 16.4. The molecule has 1 aromatic carbocycles. The fraction of sp³-hybridized carbons (Fsp3) is 0.455. The van der Waals surface area contributed by atoms with Gasteiger partial charge in [-0.15, -0.1) is 0 Å². The summed E-state index contributed by atoms with van der Waals surface area (Å²) in [6.07, 6.45) is 0. The molecule has 3 heteroatoms. The van der Waals surface area contributed by atoms with Gasteiger partial charge in [0, 0.05) is 6.04 Å². The van der Waals surface area contributed by atoms with E-state index in [1.165, 1.54) is 5.56 Å². The monoisotopic (exact) mass is 193 g/mol. The average molecular weight is 193 g/mol. The Morgan fingerprint density at radius 3 is 2.64 bits per heavy atom. The number of nitrogens with one attached hydrogen (secondary N) is 1. The molecule has 1 aliphatic heterocycles. The van der Waals surface area contributed by atoms with E-state index in [4.69, 9.17) is 9.47 Å². The molecule has 0 spiro atoms. The molecule has 0 radical (unpaired) electrons. The van der Waals surface area contributed by atoms with Crippen molar-refractivity contribution in [2.45, 2.75) is 13.0 Å². The number of benzene rings is 1. The van der Waals surface area contributed by atoms with E-state index in [-0.39, 0.29) is 0 Å². The molecule has 1 N–H and O–H groups in total. The van der Waals surface area contributed by atoms with Gasteiger partial charge in [0.2, 0.25) is 0 Å². The Balaban J connectivity index is 2.29. The SMILES string of the molecule is CNC(C)c1ccc2c(c1)OCCO2. The van der Waals surface area contributed by atoms with Gasteiger partial charge in [0.05, 0.1) is 0 Å². The predicted molar refractivity (Wildman–Crippen MR) is 54.9 cm³/mol. The fourth-order valence-corrected chi connectivity index (χ4v) is 1.50. The first-order valence-corrected chi connectivity index (χ1v) is 4.88. The van der Waals surface area contributed by atoms with Crippen LogP contribution >= 0.6 is 0 Å². The van der Waals surface area contributed by atoms with Gasteiger partial charge in [0.1, 0.15) is 13.2 Å². The topological polar surface area (TPSA) is 30.5 Å². The van der Waals surface area contributed by atoms with Gasteiger partial charge in [0.25, 0.3) is 0 Å². The maximum absolute atomic E-state index is 5.51. The number of rotatable bonds is 2. The van der Waals surface area contributed by atoms with E-state index in [1.54, 1.807) is 0 Å². The van der Waals surface area contributed by atoms with Crippen LogP contribution in [0.25, 0.3) is 0 Å². The minimum atomic E-state index is 0.339. The third kappa shape index (κ3) is 1.68. The summed E-state index contributed by atoms with van der Waals surface area (Å²) in [6, 6.07) is 6.41. The molecule has 0 amide bonds. The van der Waals surface area contributed by atoms with E-state index >= 15 is 0 Å². The van der Waals surface area contributed by atoms with Crippen LogP contribution in [0.3, 0.4) is 0 Å². The van der Waals surface area contributed by atoms with Crippen LogP contribution < -0.4 is 14.8 Å². The van der Waals surface area contributed by atoms with E-state index in [0.717, 1.165) is 11.5 Å². The molecule has 0 bridgehead atoms. The van der Waals surface area contributed by atoms with Crippen molar-refractivity contribution in [2.24, 2.45) is 0 Å². The summed E-state index contributed by atoms with van der Waals surface area (Å²) in [4.78, 5) is 0. The standard InChI is InChI=1S/C11H15NO2/c1-8(12-2)9-3-4-10-11(7-9)14-6-5-13-10/h3-4,7-8,12H,5-6H2,1-2H3. The number of ether oxygens (including phenoxy) is 2. The van der Waals surface area contributed by atoms with Gasteiger partial charge >= 0.3 is 0 Å². The van der Waals surface area contributed by atoms with Crippen LogP contribution in [-0.2, 0) is 0 Å². The lowest BCUT2D eigenvalue weighted by molar-refractivity contribution is 0.171. The first-order valence-electron chi connectivity index (χ1n) is 4.88. The number of hydrogen-bond donors (Lipinski definition) is 1. The van der Waals surface area contributed by atoms with Crippen molar-refractivity contribution in [1.29, 1.82) is 0 Å². The second-order valence-corrected chi connectivity index (χ2v) is 3.41. The molecule has 0 saturated carbocycles. The van der Waals surface area contributed by atoms with Crippen molar-refractivity contribution >= 4 is 0 Å². The zero-order valence-electron chi connectivity index (χ0n) is 8.54. The Bertz CT molecular complexity index is 325. The molecular weight excluding hydrogens is 178 g/mol. The Kier molecular flexibility index (Phi) is 2.59. The second kappa shape index (κ2) is 3.88. The number of fused-ring (bicyclic) bond motifs is 1. The Hall–Kier alpha value is -1.22. The Morgan fingerprint density at radius 1 is 1.21 bits per heavy atom. The molecule has 3 nitrogen and oxygen atoms in total. The second-order valence-electron chi connectivity index (χ2n) is 3.41. The van der Waals surface area contributed by atoms with E-state index in [2.05, 4.69) is 18.3 Å². The third-order valence-electron chi connectivity index (χ3n) is 2.50. The highest BCUT2D eigenvalue weighted by atomic mass is 16.6. The zero-order chi connectivity index (χ0) is 9.97. The van der Waals surface area contributed by atoms with E-state index in [9.17, 15) is 0 Å². The third-order valence-corrected chi connectivity index (χ3v) is 2.50. The first-order chi connectivity index (χ1) is 6.81. The molecule has 0 saturated heterocycles. The summed E-state index contributed by atoms with van der Waals surface area (Å²) in [7, 11) is 1.95. The van der Waals surface area contributed by atoms with Gasteiger partial charge in [-0.2, -0.15) is 0 Å². The Morgan fingerprint density at radius 2 is 1.93 bits per heavy atom. The largest absolute Gasteiger partial charge is 0.486 e. The van der Waals surface area contributed by atoms with E-state index in [1.807, 2.05) is 19.2 Å². The first kappa shape index (κ1) is 9.34. The molecule has 0 fully saturated rings. The van der Waals surface area contributed by atoms with Crippen molar-refractivity contribution < 1.29 is 9.47 Å². The molecule has 76 valence electrons. The summed E-state index contributed by atoms with van der Waals surface area (Å²) in [5, 5.41) is 3.19. The van der Waals surface area contributed by atoms with Gasteiger partial charge < -0.3 is 14.8 Å². The molecule has 1 aliphatic rings. The quantitative estimate of drug-likeness (QED) is 0.776. The minimum Gasteiger partial charge on any atom is -0.486 e. The summed E-state index contributed by atoms with van der Waals surface area (Å²) in [6.45, 7) is 3.41. The molecular formula is C11H15NO2. The maximum Gasteiger partial charge on any atom is 0.161 e. The molecule has 1 heterocycles. The van der Waals surface area contributed by atoms with Crippen molar-refractivity contribution in [3.8, 4) is 11.5 Å². The van der Waals surface area contributed by atoms with E-state index < -0.39 is 0 Å². The number of hydrogen-bond acceptors (Lipinski definition) is 3. The Labute approximate surface area is 84.0 Å². The maximum atomic E-state index is 5.51. The van der Waals surface area contributed by atoms with E-state index in [0.29, 0.717) is 19.3 Å². The minimum absolute atomic E-state index is 0.339. The van der Waals surface area contributed by atoms with Crippen molar-refractivity contribution in [1.82, 2.24) is 5.32 Å². The van der Waals surface area contributed by atoms with Gasteiger partial charge in [-0.1, -0.05) is 6.07 Å². The molecule has 0 aliphatic carbocycles. The average Bonchev–Trinajstić information content (AvgIpc) is 2.27. The smallest absolute Gasteiger partial charge is 0.161 e. The van der Waals surface area contributed by atoms with Crippen LogP contribution in [0.1, 0.15) is 18.5 Å². The lowest BCUT2D eigenvalue weighted by Crippen LogP contribution is -2.17. The summed E-state index contributed by atoms with van der Waals surface area (Å²) < 4.78 is 11.0. The highest BCUT2D eigenvalue weighted by molar-refractivity contribution is 5.44. The van der Waals surface area contributed by atoms with Crippen LogP contribution in [0.15, 0.2) is 18.2 Å². The van der Waals surface area contributed by atoms with Gasteiger partial charge in [-0.25, -0.2) is 0 Å². The lowest BCUT2D eigenvalue weighted by atomic mass is 10.1. The lowest BCUT2D eigenvalue weighted by Gasteiger charge is -2.20. The molecule has 0 aromatic heterocycles. The summed E-state index contributed by atoms with van der Waals surface area (Å²) in [5.74, 6) is 1.71. The van der Waals surface area contributed by atoms with Gasteiger partial charge in [0.15, 0.2) is 11.5 Å². The van der Waals surface area contributed by atoms with Crippen LogP contribution in [0.4, 0.5) is 0 Å². The van der Waals surface area contributed by atoms with Crippen molar-refractivity contribution in [3.05, 3.63) is 23.8 Å². The highest BCUT2D eigenvalue weighted by Gasteiger charge is 2.13. The van der Waals surface area contributed by atoms with Crippen molar-refractivity contribution in [3.63, 3.8) is 0 Å². The van der Waals surface area contributed by atoms with Gasteiger partial charge in [-0.3, -0.25) is 0 Å². The fourth-order valence-electron chi connectivity index (χ4n) is 1.50. The van der Waals surface area contributed by atoms with Crippen LogP contribution in [0.2, 0.25) is 0 Å².